The zero-order valence-electron chi connectivity index (χ0n) is 10.3. The number of aromatic nitrogens is 1. The molecule has 0 spiro atoms. The molecule has 2 heterocycles. The van der Waals surface area contributed by atoms with Crippen LogP contribution in [0.25, 0.3) is 10.2 Å². The Morgan fingerprint density at radius 3 is 3.24 bits per heavy atom. The lowest BCUT2D eigenvalue weighted by Gasteiger charge is -2.13. The largest absolute Gasteiger partial charge is 0.307 e. The number of rotatable bonds is 4. The molecule has 2 aromatic heterocycles. The molecule has 0 saturated heterocycles. The van der Waals surface area contributed by atoms with Crippen LogP contribution in [0.1, 0.15) is 38.3 Å². The third kappa shape index (κ3) is 2.22. The maximum atomic E-state index is 4.50. The van der Waals surface area contributed by atoms with Gasteiger partial charge in [0.2, 0.25) is 0 Å². The van der Waals surface area contributed by atoms with Crippen molar-refractivity contribution in [2.75, 3.05) is 0 Å². The van der Waals surface area contributed by atoms with Gasteiger partial charge in [0, 0.05) is 18.3 Å². The Morgan fingerprint density at radius 2 is 2.47 bits per heavy atom. The summed E-state index contributed by atoms with van der Waals surface area (Å²) in [5.74, 6) is 0.899. The average molecular weight is 246 g/mol. The summed E-state index contributed by atoms with van der Waals surface area (Å²) in [6.07, 6.45) is 4.65. The standard InChI is InChI=1S/C14H18N2S/c1-3-10-6-13(10)16-9(2)11-7-14-12(15-8-11)4-5-17-14/h4-5,7-10,13,16H,3,6H2,1-2H3. The average Bonchev–Trinajstić information content (AvgIpc) is 2.92. The van der Waals surface area contributed by atoms with Gasteiger partial charge in [-0.1, -0.05) is 13.3 Å². The topological polar surface area (TPSA) is 24.9 Å². The highest BCUT2D eigenvalue weighted by Crippen LogP contribution is 2.35. The number of thiophene rings is 1. The third-order valence-electron chi connectivity index (χ3n) is 3.73. The van der Waals surface area contributed by atoms with Crippen molar-refractivity contribution in [2.24, 2.45) is 5.92 Å². The smallest absolute Gasteiger partial charge is 0.0809 e. The van der Waals surface area contributed by atoms with Crippen molar-refractivity contribution in [3.63, 3.8) is 0 Å². The first-order valence-corrected chi connectivity index (χ1v) is 7.25. The van der Waals surface area contributed by atoms with Crippen LogP contribution in [-0.4, -0.2) is 11.0 Å². The summed E-state index contributed by atoms with van der Waals surface area (Å²) in [4.78, 5) is 4.50. The molecule has 0 aliphatic heterocycles. The fraction of sp³-hybridized carbons (Fsp3) is 0.500. The Morgan fingerprint density at radius 1 is 1.59 bits per heavy atom. The van der Waals surface area contributed by atoms with Crippen LogP contribution >= 0.6 is 11.3 Å². The lowest BCUT2D eigenvalue weighted by atomic mass is 10.1. The van der Waals surface area contributed by atoms with E-state index in [-0.39, 0.29) is 0 Å². The summed E-state index contributed by atoms with van der Waals surface area (Å²) in [5, 5.41) is 5.80. The normalized spacial score (nSPS) is 25.1. The van der Waals surface area contributed by atoms with Gasteiger partial charge in [-0.25, -0.2) is 0 Å². The Hall–Kier alpha value is -0.930. The zero-order chi connectivity index (χ0) is 11.8. The molecule has 0 amide bonds. The van der Waals surface area contributed by atoms with Crippen molar-refractivity contribution < 1.29 is 0 Å². The van der Waals surface area contributed by atoms with Crippen LogP contribution in [0.2, 0.25) is 0 Å². The number of pyridine rings is 1. The second-order valence-corrected chi connectivity index (χ2v) is 5.92. The Kier molecular flexibility index (Phi) is 2.89. The fourth-order valence-corrected chi connectivity index (χ4v) is 3.21. The molecule has 1 aliphatic carbocycles. The Labute approximate surface area is 106 Å². The first-order chi connectivity index (χ1) is 8.28. The SMILES string of the molecule is CCC1CC1NC(C)c1cnc2ccsc2c1. The molecule has 0 bridgehead atoms. The van der Waals surface area contributed by atoms with E-state index >= 15 is 0 Å². The van der Waals surface area contributed by atoms with Gasteiger partial charge in [0.1, 0.15) is 0 Å². The number of nitrogens with zero attached hydrogens (tertiary/aromatic N) is 1. The molecular weight excluding hydrogens is 228 g/mol. The van der Waals surface area contributed by atoms with Crippen LogP contribution in [0.3, 0.4) is 0 Å². The highest BCUT2D eigenvalue weighted by Gasteiger charge is 2.35. The van der Waals surface area contributed by atoms with E-state index in [0.717, 1.165) is 17.5 Å². The molecule has 90 valence electrons. The highest BCUT2D eigenvalue weighted by molar-refractivity contribution is 7.17. The number of hydrogen-bond donors (Lipinski definition) is 1. The molecule has 3 atom stereocenters. The first kappa shape index (κ1) is 11.2. The fourth-order valence-electron chi connectivity index (χ4n) is 2.42. The van der Waals surface area contributed by atoms with Crippen LogP contribution in [-0.2, 0) is 0 Å². The van der Waals surface area contributed by atoms with Gasteiger partial charge >= 0.3 is 0 Å². The van der Waals surface area contributed by atoms with Gasteiger partial charge in [0.15, 0.2) is 0 Å². The van der Waals surface area contributed by atoms with Crippen molar-refractivity contribution >= 4 is 21.6 Å². The third-order valence-corrected chi connectivity index (χ3v) is 4.59. The van der Waals surface area contributed by atoms with Gasteiger partial charge in [0.05, 0.1) is 10.2 Å². The molecular formula is C14H18N2S. The van der Waals surface area contributed by atoms with Gasteiger partial charge in [-0.3, -0.25) is 4.98 Å². The molecule has 1 N–H and O–H groups in total. The predicted octanol–water partition coefficient (Wildman–Crippen LogP) is 3.75. The molecule has 3 unspecified atom stereocenters. The van der Waals surface area contributed by atoms with Gasteiger partial charge in [-0.05, 0) is 42.3 Å². The molecule has 0 aromatic carbocycles. The lowest BCUT2D eigenvalue weighted by molar-refractivity contribution is 0.538. The molecule has 3 heteroatoms. The van der Waals surface area contributed by atoms with E-state index in [4.69, 9.17) is 0 Å². The van der Waals surface area contributed by atoms with Crippen LogP contribution in [0.5, 0.6) is 0 Å². The summed E-state index contributed by atoms with van der Waals surface area (Å²) < 4.78 is 1.29. The second kappa shape index (κ2) is 4.39. The minimum Gasteiger partial charge on any atom is -0.307 e. The highest BCUT2D eigenvalue weighted by atomic mass is 32.1. The molecule has 1 fully saturated rings. The van der Waals surface area contributed by atoms with E-state index in [1.54, 1.807) is 11.3 Å². The zero-order valence-corrected chi connectivity index (χ0v) is 11.1. The second-order valence-electron chi connectivity index (χ2n) is 4.97. The van der Waals surface area contributed by atoms with Crippen molar-refractivity contribution in [1.29, 1.82) is 0 Å². The number of hydrogen-bond acceptors (Lipinski definition) is 3. The minimum atomic E-state index is 0.413. The van der Waals surface area contributed by atoms with E-state index in [2.05, 4.69) is 41.7 Å². The summed E-state index contributed by atoms with van der Waals surface area (Å²) in [5.41, 5.74) is 2.42. The van der Waals surface area contributed by atoms with Gasteiger partial charge in [0.25, 0.3) is 0 Å². The van der Waals surface area contributed by atoms with E-state index in [0.29, 0.717) is 6.04 Å². The summed E-state index contributed by atoms with van der Waals surface area (Å²) in [7, 11) is 0. The molecule has 1 saturated carbocycles. The van der Waals surface area contributed by atoms with Crippen molar-refractivity contribution in [3.8, 4) is 0 Å². The van der Waals surface area contributed by atoms with E-state index in [1.807, 2.05) is 6.20 Å². The molecule has 17 heavy (non-hydrogen) atoms. The van der Waals surface area contributed by atoms with E-state index in [9.17, 15) is 0 Å². The Balaban J connectivity index is 1.74. The predicted molar refractivity (Wildman–Crippen MR) is 73.4 cm³/mol. The van der Waals surface area contributed by atoms with Crippen molar-refractivity contribution in [1.82, 2.24) is 10.3 Å². The maximum Gasteiger partial charge on any atom is 0.0809 e. The molecule has 3 rings (SSSR count). The van der Waals surface area contributed by atoms with E-state index in [1.165, 1.54) is 23.1 Å². The van der Waals surface area contributed by atoms with Crippen molar-refractivity contribution in [2.45, 2.75) is 38.8 Å². The van der Waals surface area contributed by atoms with Crippen molar-refractivity contribution in [3.05, 3.63) is 29.3 Å². The lowest BCUT2D eigenvalue weighted by Crippen LogP contribution is -2.22. The minimum absolute atomic E-state index is 0.413. The molecule has 1 aliphatic rings. The quantitative estimate of drug-likeness (QED) is 0.888. The molecule has 0 radical (unpaired) electrons. The number of nitrogens with one attached hydrogen (secondary N) is 1. The van der Waals surface area contributed by atoms with Crippen LogP contribution in [0.15, 0.2) is 23.7 Å². The Bertz CT molecular complexity index is 520. The monoisotopic (exact) mass is 246 g/mol. The van der Waals surface area contributed by atoms with Gasteiger partial charge in [-0.15, -0.1) is 11.3 Å². The molecule has 2 aromatic rings. The van der Waals surface area contributed by atoms with Crippen LogP contribution in [0, 0.1) is 5.92 Å². The summed E-state index contributed by atoms with van der Waals surface area (Å²) >= 11 is 1.77. The van der Waals surface area contributed by atoms with E-state index < -0.39 is 0 Å². The van der Waals surface area contributed by atoms with Gasteiger partial charge in [-0.2, -0.15) is 0 Å². The van der Waals surface area contributed by atoms with Crippen LogP contribution < -0.4 is 5.32 Å². The maximum absolute atomic E-state index is 4.50. The number of fused-ring (bicyclic) bond motifs is 1. The van der Waals surface area contributed by atoms with Gasteiger partial charge < -0.3 is 5.32 Å². The summed E-state index contributed by atoms with van der Waals surface area (Å²) in [6.45, 7) is 4.51. The summed E-state index contributed by atoms with van der Waals surface area (Å²) in [6, 6.07) is 5.49. The van der Waals surface area contributed by atoms with Crippen LogP contribution in [0.4, 0.5) is 0 Å². The first-order valence-electron chi connectivity index (χ1n) is 6.37. The molecule has 2 nitrogen and oxygen atoms in total.